The highest BCUT2D eigenvalue weighted by atomic mass is 16.6. The monoisotopic (exact) mass is 572 g/mol. The molecule has 0 amide bonds. The Morgan fingerprint density at radius 1 is 0.634 bits per heavy atom. The fourth-order valence-corrected chi connectivity index (χ4v) is 5.12. The molecule has 0 aromatic heterocycles. The van der Waals surface area contributed by atoms with Crippen molar-refractivity contribution in [2.24, 2.45) is 0 Å². The van der Waals surface area contributed by atoms with Crippen molar-refractivity contribution in [2.75, 3.05) is 13.7 Å². The number of esters is 2. The molecule has 5 heteroatoms. The highest BCUT2D eigenvalue weighted by Gasteiger charge is 2.07. The third-order valence-electron chi connectivity index (χ3n) is 7.60. The molecule has 0 heterocycles. The molecule has 1 aromatic carbocycles. The van der Waals surface area contributed by atoms with Gasteiger partial charge in [0.15, 0.2) is 11.5 Å². The van der Waals surface area contributed by atoms with Crippen LogP contribution in [0.4, 0.5) is 0 Å². The lowest BCUT2D eigenvalue weighted by Crippen LogP contribution is -2.03. The number of hydrogen-bond donors (Lipinski definition) is 0. The van der Waals surface area contributed by atoms with Gasteiger partial charge in [0.1, 0.15) is 0 Å². The van der Waals surface area contributed by atoms with Crippen LogP contribution >= 0.6 is 0 Å². The first-order chi connectivity index (χ1) is 20.1. The van der Waals surface area contributed by atoms with E-state index >= 15 is 0 Å². The number of methoxy groups -OCH3 is 1. The van der Waals surface area contributed by atoms with Gasteiger partial charge in [-0.05, 0) is 30.2 Å². The summed E-state index contributed by atoms with van der Waals surface area (Å²) >= 11 is 0. The van der Waals surface area contributed by atoms with E-state index in [1.807, 2.05) is 0 Å². The third kappa shape index (κ3) is 22.0. The SMILES string of the molecule is CCCCCCCCCCCCCCCCCCCCCCCCOC(=O)C=Cc1ccc(OC(C)=O)c(OC)c1. The van der Waals surface area contributed by atoms with Crippen molar-refractivity contribution in [1.29, 1.82) is 0 Å². The van der Waals surface area contributed by atoms with E-state index in [2.05, 4.69) is 6.92 Å². The van der Waals surface area contributed by atoms with E-state index in [1.165, 1.54) is 149 Å². The standard InChI is InChI=1S/C36H60O5/c1-4-5-6-7-8-9-10-11-12-13-14-15-16-17-18-19-20-21-22-23-24-25-30-40-36(38)29-27-33-26-28-34(41-32(2)37)35(31-33)39-3/h26-29,31H,4-25,30H2,1-3H3. The lowest BCUT2D eigenvalue weighted by molar-refractivity contribution is -0.137. The Balaban J connectivity index is 1.87. The van der Waals surface area contributed by atoms with Gasteiger partial charge in [0.2, 0.25) is 0 Å². The van der Waals surface area contributed by atoms with Crippen LogP contribution in [-0.2, 0) is 14.3 Å². The molecule has 0 atom stereocenters. The van der Waals surface area contributed by atoms with Crippen molar-refractivity contribution in [1.82, 2.24) is 0 Å². The molecule has 0 unspecified atom stereocenters. The van der Waals surface area contributed by atoms with Crippen molar-refractivity contribution in [3.63, 3.8) is 0 Å². The zero-order chi connectivity index (χ0) is 29.8. The van der Waals surface area contributed by atoms with Crippen molar-refractivity contribution in [3.05, 3.63) is 29.8 Å². The first kappa shape index (κ1) is 36.7. The summed E-state index contributed by atoms with van der Waals surface area (Å²) in [6.45, 7) is 4.08. The van der Waals surface area contributed by atoms with Gasteiger partial charge in [-0.1, -0.05) is 148 Å². The van der Waals surface area contributed by atoms with E-state index in [0.29, 0.717) is 18.1 Å². The van der Waals surface area contributed by atoms with Crippen LogP contribution in [0.25, 0.3) is 6.08 Å². The van der Waals surface area contributed by atoms with E-state index in [1.54, 1.807) is 24.3 Å². The highest BCUT2D eigenvalue weighted by Crippen LogP contribution is 2.28. The minimum absolute atomic E-state index is 0.350. The largest absolute Gasteiger partial charge is 0.493 e. The molecule has 0 saturated heterocycles. The minimum atomic E-state index is -0.412. The van der Waals surface area contributed by atoms with Gasteiger partial charge in [-0.15, -0.1) is 0 Å². The van der Waals surface area contributed by atoms with Crippen molar-refractivity contribution in [2.45, 2.75) is 155 Å². The van der Waals surface area contributed by atoms with E-state index in [4.69, 9.17) is 14.2 Å². The Labute approximate surface area is 251 Å². The highest BCUT2D eigenvalue weighted by molar-refractivity contribution is 5.87. The molecule has 5 nitrogen and oxygen atoms in total. The van der Waals surface area contributed by atoms with Gasteiger partial charge >= 0.3 is 11.9 Å². The number of unbranched alkanes of at least 4 members (excludes halogenated alkanes) is 21. The number of hydrogen-bond acceptors (Lipinski definition) is 5. The first-order valence-corrected chi connectivity index (χ1v) is 16.8. The van der Waals surface area contributed by atoms with E-state index in [9.17, 15) is 9.59 Å². The number of carbonyl (C=O) groups is 2. The van der Waals surface area contributed by atoms with Gasteiger partial charge in [0.05, 0.1) is 13.7 Å². The fraction of sp³-hybridized carbons (Fsp3) is 0.722. The van der Waals surface area contributed by atoms with Crippen LogP contribution in [0.2, 0.25) is 0 Å². The molecule has 0 aliphatic rings. The number of carbonyl (C=O) groups excluding carboxylic acids is 2. The third-order valence-corrected chi connectivity index (χ3v) is 7.60. The smallest absolute Gasteiger partial charge is 0.330 e. The maximum Gasteiger partial charge on any atom is 0.330 e. The first-order valence-electron chi connectivity index (χ1n) is 16.8. The molecule has 0 aliphatic heterocycles. The van der Waals surface area contributed by atoms with E-state index in [0.717, 1.165) is 18.4 Å². The van der Waals surface area contributed by atoms with Gasteiger partial charge < -0.3 is 14.2 Å². The fourth-order valence-electron chi connectivity index (χ4n) is 5.12. The molecule has 0 spiro atoms. The molecule has 0 saturated carbocycles. The van der Waals surface area contributed by atoms with Gasteiger partial charge in [-0.3, -0.25) is 4.79 Å². The summed E-state index contributed by atoms with van der Waals surface area (Å²) < 4.78 is 15.7. The van der Waals surface area contributed by atoms with E-state index < -0.39 is 5.97 Å². The summed E-state index contributed by atoms with van der Waals surface area (Å²) in [5, 5.41) is 0. The average Bonchev–Trinajstić information content (AvgIpc) is 2.96. The summed E-state index contributed by atoms with van der Waals surface area (Å²) in [6, 6.07) is 5.11. The van der Waals surface area contributed by atoms with Crippen LogP contribution < -0.4 is 9.47 Å². The molecule has 0 aliphatic carbocycles. The Hall–Kier alpha value is -2.30. The predicted octanol–water partition coefficient (Wildman–Crippen LogP) is 10.8. The minimum Gasteiger partial charge on any atom is -0.493 e. The average molecular weight is 573 g/mol. The number of ether oxygens (including phenoxy) is 3. The summed E-state index contributed by atoms with van der Waals surface area (Å²) in [5.74, 6) is 0.0254. The van der Waals surface area contributed by atoms with Gasteiger partial charge in [0.25, 0.3) is 0 Å². The number of rotatable bonds is 27. The molecule has 0 fully saturated rings. The van der Waals surface area contributed by atoms with Crippen LogP contribution in [0.1, 0.15) is 161 Å². The maximum atomic E-state index is 12.0. The van der Waals surface area contributed by atoms with Crippen LogP contribution in [0, 0.1) is 0 Å². The van der Waals surface area contributed by atoms with E-state index in [-0.39, 0.29) is 5.97 Å². The van der Waals surface area contributed by atoms with Gasteiger partial charge in [0, 0.05) is 13.0 Å². The molecule has 234 valence electrons. The van der Waals surface area contributed by atoms with Crippen molar-refractivity contribution >= 4 is 18.0 Å². The molecule has 1 rings (SSSR count). The zero-order valence-electron chi connectivity index (χ0n) is 26.7. The van der Waals surface area contributed by atoms with Crippen molar-refractivity contribution < 1.29 is 23.8 Å². The van der Waals surface area contributed by atoms with Crippen molar-refractivity contribution in [3.8, 4) is 11.5 Å². The molecule has 0 radical (unpaired) electrons. The summed E-state index contributed by atoms with van der Waals surface area (Å²) in [5.41, 5.74) is 0.763. The van der Waals surface area contributed by atoms with Crippen LogP contribution in [0.5, 0.6) is 11.5 Å². The quantitative estimate of drug-likeness (QED) is 0.0454. The summed E-state index contributed by atoms with van der Waals surface area (Å²) in [7, 11) is 1.51. The molecular weight excluding hydrogens is 512 g/mol. The normalized spacial score (nSPS) is 11.2. The molecule has 0 bridgehead atoms. The lowest BCUT2D eigenvalue weighted by Gasteiger charge is -2.08. The Morgan fingerprint density at radius 2 is 1.07 bits per heavy atom. The Kier molecular flexibility index (Phi) is 23.8. The molecule has 41 heavy (non-hydrogen) atoms. The second-order valence-corrected chi connectivity index (χ2v) is 11.4. The molecule has 0 N–H and O–H groups in total. The number of benzene rings is 1. The second kappa shape index (κ2) is 26.6. The Morgan fingerprint density at radius 3 is 1.49 bits per heavy atom. The maximum absolute atomic E-state index is 12.0. The Bertz CT molecular complexity index is 816. The summed E-state index contributed by atoms with van der Waals surface area (Å²) in [4.78, 5) is 23.1. The molecular formula is C36H60O5. The zero-order valence-corrected chi connectivity index (χ0v) is 26.7. The summed E-state index contributed by atoms with van der Waals surface area (Å²) in [6.07, 6.45) is 33.0. The lowest BCUT2D eigenvalue weighted by atomic mass is 10.0. The topological polar surface area (TPSA) is 61.8 Å². The van der Waals surface area contributed by atoms with Gasteiger partial charge in [-0.25, -0.2) is 4.79 Å². The predicted molar refractivity (Wildman–Crippen MR) is 172 cm³/mol. The van der Waals surface area contributed by atoms with Crippen LogP contribution in [0.3, 0.4) is 0 Å². The molecule has 1 aromatic rings. The van der Waals surface area contributed by atoms with Gasteiger partial charge in [-0.2, -0.15) is 0 Å². The van der Waals surface area contributed by atoms with Crippen LogP contribution in [0.15, 0.2) is 24.3 Å². The van der Waals surface area contributed by atoms with Crippen LogP contribution in [-0.4, -0.2) is 25.7 Å². The second-order valence-electron chi connectivity index (χ2n) is 11.4.